The molecule has 206 valence electrons. The maximum Gasteiger partial charge on any atom is 0.534 e. The first kappa shape index (κ1) is 34.2. The van der Waals surface area contributed by atoms with E-state index in [1.54, 1.807) is 18.2 Å². The SMILES string of the molecule is C.CC(C)C.CC(C)C.O=S(=O)(Oc1cccc2c1PCO2)C(F)(F)F.Oc1cccc2c1PCO2. The minimum atomic E-state index is -5.62. The third kappa shape index (κ3) is 11.5. The van der Waals surface area contributed by atoms with Crippen LogP contribution in [-0.2, 0) is 10.1 Å². The van der Waals surface area contributed by atoms with Crippen molar-refractivity contribution in [2.24, 2.45) is 11.8 Å². The molecule has 0 spiro atoms. The molecule has 0 radical (unpaired) electrons. The molecule has 0 saturated heterocycles. The fourth-order valence-electron chi connectivity index (χ4n) is 2.23. The van der Waals surface area contributed by atoms with Gasteiger partial charge in [-0.15, -0.1) is 0 Å². The second-order valence-electron chi connectivity index (χ2n) is 8.66. The molecule has 2 aromatic rings. The molecule has 2 unspecified atom stereocenters. The Morgan fingerprint density at radius 2 is 1.28 bits per heavy atom. The molecular formula is C24H37F3O6P2S. The second kappa shape index (κ2) is 15.5. The highest BCUT2D eigenvalue weighted by Gasteiger charge is 2.49. The molecule has 4 rings (SSSR count). The van der Waals surface area contributed by atoms with E-state index in [0.29, 0.717) is 31.7 Å². The molecule has 0 saturated carbocycles. The van der Waals surface area contributed by atoms with Crippen LogP contribution >= 0.6 is 17.2 Å². The van der Waals surface area contributed by atoms with E-state index < -0.39 is 15.6 Å². The molecule has 0 aliphatic carbocycles. The molecule has 2 aliphatic rings. The lowest BCUT2D eigenvalue weighted by Crippen LogP contribution is -2.29. The molecule has 2 aliphatic heterocycles. The van der Waals surface area contributed by atoms with E-state index in [9.17, 15) is 26.7 Å². The normalized spacial score (nSPS) is 14.5. The van der Waals surface area contributed by atoms with Crippen molar-refractivity contribution in [2.75, 3.05) is 12.7 Å². The number of hydrogen-bond acceptors (Lipinski definition) is 6. The van der Waals surface area contributed by atoms with E-state index in [1.807, 2.05) is 6.07 Å². The Morgan fingerprint density at radius 1 is 0.861 bits per heavy atom. The van der Waals surface area contributed by atoms with E-state index in [4.69, 9.17) is 9.47 Å². The lowest BCUT2D eigenvalue weighted by molar-refractivity contribution is -0.0499. The number of benzene rings is 2. The van der Waals surface area contributed by atoms with Crippen LogP contribution in [0.1, 0.15) is 49.0 Å². The summed E-state index contributed by atoms with van der Waals surface area (Å²) in [4.78, 5) is 0. The Balaban J connectivity index is 0.000000545. The Hall–Kier alpha value is -1.76. The molecule has 36 heavy (non-hydrogen) atoms. The van der Waals surface area contributed by atoms with E-state index in [1.165, 1.54) is 12.1 Å². The zero-order chi connectivity index (χ0) is 26.8. The van der Waals surface area contributed by atoms with Crippen LogP contribution in [-0.4, -0.2) is 31.7 Å². The van der Waals surface area contributed by atoms with Gasteiger partial charge in [0.15, 0.2) is 5.75 Å². The number of hydrogen-bond donors (Lipinski definition) is 1. The van der Waals surface area contributed by atoms with Gasteiger partial charge in [0.2, 0.25) is 0 Å². The maximum atomic E-state index is 12.1. The smallest absolute Gasteiger partial charge is 0.507 e. The van der Waals surface area contributed by atoms with Crippen molar-refractivity contribution in [3.05, 3.63) is 36.4 Å². The monoisotopic (exact) mass is 572 g/mol. The van der Waals surface area contributed by atoms with Gasteiger partial charge < -0.3 is 18.8 Å². The first-order chi connectivity index (χ1) is 16.2. The molecule has 0 bridgehead atoms. The average molecular weight is 573 g/mol. The van der Waals surface area contributed by atoms with Crippen molar-refractivity contribution in [3.8, 4) is 23.0 Å². The Labute approximate surface area is 216 Å². The van der Waals surface area contributed by atoms with Gasteiger partial charge in [0.1, 0.15) is 29.9 Å². The van der Waals surface area contributed by atoms with E-state index in [0.717, 1.165) is 29.2 Å². The van der Waals surface area contributed by atoms with E-state index >= 15 is 0 Å². The van der Waals surface area contributed by atoms with Crippen molar-refractivity contribution in [1.29, 1.82) is 0 Å². The summed E-state index contributed by atoms with van der Waals surface area (Å²) in [6.45, 7) is 13.0. The van der Waals surface area contributed by atoms with Crippen LogP contribution in [0.3, 0.4) is 0 Å². The third-order valence-corrected chi connectivity index (χ3v) is 6.67. The van der Waals surface area contributed by atoms with Crippen LogP contribution in [0.5, 0.6) is 23.0 Å². The van der Waals surface area contributed by atoms with Crippen LogP contribution in [0, 0.1) is 11.8 Å². The van der Waals surface area contributed by atoms with Gasteiger partial charge in [0.05, 0.1) is 10.6 Å². The maximum absolute atomic E-state index is 12.1. The van der Waals surface area contributed by atoms with Crippen molar-refractivity contribution < 1.29 is 40.4 Å². The molecule has 2 atom stereocenters. The Bertz CT molecular complexity index is 1030. The summed E-state index contributed by atoms with van der Waals surface area (Å²) in [5.74, 6) is 2.92. The number of phenolic OH excluding ortho intramolecular Hbond substituents is 1. The second-order valence-corrected chi connectivity index (χ2v) is 12.5. The van der Waals surface area contributed by atoms with Gasteiger partial charge in [-0.2, -0.15) is 21.6 Å². The summed E-state index contributed by atoms with van der Waals surface area (Å²) in [6, 6.07) is 9.46. The van der Waals surface area contributed by atoms with Gasteiger partial charge >= 0.3 is 15.6 Å². The number of phenols is 1. The predicted molar refractivity (Wildman–Crippen MR) is 145 cm³/mol. The average Bonchev–Trinajstić information content (AvgIpc) is 3.37. The van der Waals surface area contributed by atoms with Crippen molar-refractivity contribution >= 4 is 37.9 Å². The highest BCUT2D eigenvalue weighted by molar-refractivity contribution is 7.88. The van der Waals surface area contributed by atoms with Crippen molar-refractivity contribution in [3.63, 3.8) is 0 Å². The fourth-order valence-corrected chi connectivity index (χ4v) is 4.75. The van der Waals surface area contributed by atoms with Gasteiger partial charge in [-0.25, -0.2) is 0 Å². The first-order valence-corrected chi connectivity index (χ1v) is 14.7. The van der Waals surface area contributed by atoms with E-state index in [-0.39, 0.29) is 21.8 Å². The number of ether oxygens (including phenoxy) is 2. The summed E-state index contributed by atoms with van der Waals surface area (Å²) in [5.41, 5.74) is -5.43. The molecule has 2 heterocycles. The first-order valence-electron chi connectivity index (χ1n) is 10.8. The quantitative estimate of drug-likeness (QED) is 0.249. The predicted octanol–water partition coefficient (Wildman–Crippen LogP) is 6.58. The van der Waals surface area contributed by atoms with Gasteiger partial charge in [0, 0.05) is 0 Å². The van der Waals surface area contributed by atoms with Crippen LogP contribution in [0.25, 0.3) is 0 Å². The van der Waals surface area contributed by atoms with Crippen LogP contribution < -0.4 is 24.3 Å². The molecule has 0 fully saturated rings. The fraction of sp³-hybridized carbons (Fsp3) is 0.500. The molecule has 0 aromatic heterocycles. The molecule has 0 amide bonds. The zero-order valence-corrected chi connectivity index (χ0v) is 23.4. The van der Waals surface area contributed by atoms with Gasteiger partial charge in [0.25, 0.3) is 0 Å². The minimum Gasteiger partial charge on any atom is -0.507 e. The summed E-state index contributed by atoms with van der Waals surface area (Å²) in [5, 5.41) is 10.6. The summed E-state index contributed by atoms with van der Waals surface area (Å²) >= 11 is 0. The van der Waals surface area contributed by atoms with Crippen molar-refractivity contribution in [2.45, 2.75) is 54.5 Å². The van der Waals surface area contributed by atoms with Crippen molar-refractivity contribution in [1.82, 2.24) is 0 Å². The number of aromatic hydroxyl groups is 1. The molecule has 1 N–H and O–H groups in total. The topological polar surface area (TPSA) is 82.1 Å². The van der Waals surface area contributed by atoms with Gasteiger partial charge in [-0.05, 0) is 53.3 Å². The zero-order valence-electron chi connectivity index (χ0n) is 20.6. The number of rotatable bonds is 2. The lowest BCUT2D eigenvalue weighted by Gasteiger charge is -2.11. The summed E-state index contributed by atoms with van der Waals surface area (Å²) < 4.78 is 72.5. The highest BCUT2D eigenvalue weighted by Crippen LogP contribution is 2.35. The number of fused-ring (bicyclic) bond motifs is 2. The summed E-state index contributed by atoms with van der Waals surface area (Å²) in [6.07, 6.45) is 1.05. The minimum absolute atomic E-state index is 0. The molecule has 12 heteroatoms. The lowest BCUT2D eigenvalue weighted by atomic mass is 10.3. The van der Waals surface area contributed by atoms with Crippen LogP contribution in [0.4, 0.5) is 13.2 Å². The summed E-state index contributed by atoms with van der Waals surface area (Å²) in [7, 11) is -4.95. The largest absolute Gasteiger partial charge is 0.534 e. The van der Waals surface area contributed by atoms with Gasteiger partial charge in [-0.1, -0.05) is 61.1 Å². The molecular weight excluding hydrogens is 535 g/mol. The number of halogens is 3. The number of alkyl halides is 3. The Kier molecular flexibility index (Phi) is 14.7. The van der Waals surface area contributed by atoms with Gasteiger partial charge in [-0.3, -0.25) is 0 Å². The Morgan fingerprint density at radius 3 is 1.72 bits per heavy atom. The third-order valence-electron chi connectivity index (χ3n) is 3.43. The molecule has 2 aromatic carbocycles. The van der Waals surface area contributed by atoms with E-state index in [2.05, 4.69) is 45.7 Å². The van der Waals surface area contributed by atoms with Crippen LogP contribution in [0.2, 0.25) is 0 Å². The molecule has 6 nitrogen and oxygen atoms in total. The highest BCUT2D eigenvalue weighted by atomic mass is 32.2. The standard InChI is InChI=1S/C8H6F3O4PS.C7H7O2P.2C4H10.CH4/c9-8(10,11)17(12,13)15-6-3-1-2-5-7(6)16-4-14-5;8-5-2-1-3-6-7(5)10-4-9-6;2*1-4(2)3;/h1-3,16H,4H2;1-3,8,10H,4H2;2*4H,1-3H3;1H4. The van der Waals surface area contributed by atoms with Crippen LogP contribution in [0.15, 0.2) is 36.4 Å².